The van der Waals surface area contributed by atoms with Gasteiger partial charge in [-0.25, -0.2) is 0 Å². The van der Waals surface area contributed by atoms with Crippen LogP contribution in [0.1, 0.15) is 65.7 Å². The van der Waals surface area contributed by atoms with Gasteiger partial charge in [-0.1, -0.05) is 40.0 Å². The van der Waals surface area contributed by atoms with Crippen molar-refractivity contribution in [2.75, 3.05) is 0 Å². The Hall–Kier alpha value is -0.860. The van der Waals surface area contributed by atoms with Gasteiger partial charge in [0.2, 0.25) is 11.8 Å². The highest BCUT2D eigenvalue weighted by Gasteiger charge is 2.50. The highest BCUT2D eigenvalue weighted by molar-refractivity contribution is 5.99. The van der Waals surface area contributed by atoms with Crippen molar-refractivity contribution < 1.29 is 9.59 Å². The Morgan fingerprint density at radius 3 is 2.74 bits per heavy atom. The summed E-state index contributed by atoms with van der Waals surface area (Å²) >= 11 is 0. The Bertz CT molecular complexity index is 364. The van der Waals surface area contributed by atoms with Gasteiger partial charge in [0.05, 0.1) is 0 Å². The molecule has 2 fully saturated rings. The highest BCUT2D eigenvalue weighted by atomic mass is 16.2. The third kappa shape index (κ3) is 3.01. The molecule has 2 rings (SSSR count). The largest absolute Gasteiger partial charge is 0.296 e. The van der Waals surface area contributed by atoms with Crippen LogP contribution in [0.25, 0.3) is 0 Å². The Morgan fingerprint density at radius 2 is 2.11 bits per heavy atom. The molecule has 3 heteroatoms. The maximum absolute atomic E-state index is 12.3. The number of amides is 2. The van der Waals surface area contributed by atoms with Gasteiger partial charge in [0.1, 0.15) is 0 Å². The minimum absolute atomic E-state index is 0.0123. The number of carbonyl (C=O) groups excluding carboxylic acids is 2. The summed E-state index contributed by atoms with van der Waals surface area (Å²) in [6, 6.07) is 0. The average molecular weight is 265 g/mol. The maximum atomic E-state index is 12.3. The van der Waals surface area contributed by atoms with Gasteiger partial charge < -0.3 is 0 Å². The second-order valence-corrected chi connectivity index (χ2v) is 7.00. The number of carbonyl (C=O) groups is 2. The topological polar surface area (TPSA) is 46.2 Å². The van der Waals surface area contributed by atoms with E-state index in [1.165, 1.54) is 19.3 Å². The van der Waals surface area contributed by atoms with Crippen LogP contribution in [-0.4, -0.2) is 11.8 Å². The predicted octanol–water partition coefficient (Wildman–Crippen LogP) is 3.28. The molecule has 0 aromatic heterocycles. The van der Waals surface area contributed by atoms with Gasteiger partial charge in [-0.05, 0) is 36.5 Å². The molecule has 19 heavy (non-hydrogen) atoms. The fourth-order valence-electron chi connectivity index (χ4n) is 4.17. The van der Waals surface area contributed by atoms with Crippen LogP contribution >= 0.6 is 0 Å². The first-order valence-electron chi connectivity index (χ1n) is 7.80. The molecule has 1 aliphatic heterocycles. The van der Waals surface area contributed by atoms with Crippen LogP contribution in [0.4, 0.5) is 0 Å². The fraction of sp³-hybridized carbons (Fsp3) is 0.875. The molecule has 1 saturated carbocycles. The van der Waals surface area contributed by atoms with E-state index in [9.17, 15) is 9.59 Å². The van der Waals surface area contributed by atoms with E-state index in [0.717, 1.165) is 19.3 Å². The van der Waals surface area contributed by atoms with Crippen LogP contribution in [0.3, 0.4) is 0 Å². The van der Waals surface area contributed by atoms with Gasteiger partial charge in [0.15, 0.2) is 0 Å². The number of piperidine rings is 1. The summed E-state index contributed by atoms with van der Waals surface area (Å²) < 4.78 is 0. The molecule has 3 atom stereocenters. The monoisotopic (exact) mass is 265 g/mol. The van der Waals surface area contributed by atoms with Crippen LogP contribution < -0.4 is 5.32 Å². The van der Waals surface area contributed by atoms with Crippen molar-refractivity contribution in [3.05, 3.63) is 0 Å². The molecule has 0 aromatic carbocycles. The summed E-state index contributed by atoms with van der Waals surface area (Å²) in [6.45, 7) is 6.56. The number of rotatable bonds is 3. The van der Waals surface area contributed by atoms with E-state index in [1.54, 1.807) is 0 Å². The molecular formula is C16H27NO2. The van der Waals surface area contributed by atoms with Crippen molar-refractivity contribution in [3.8, 4) is 0 Å². The Morgan fingerprint density at radius 1 is 1.37 bits per heavy atom. The van der Waals surface area contributed by atoms with Crippen LogP contribution in [0, 0.1) is 23.2 Å². The minimum Gasteiger partial charge on any atom is -0.296 e. The number of hydrogen-bond acceptors (Lipinski definition) is 2. The fourth-order valence-corrected chi connectivity index (χ4v) is 4.17. The molecule has 2 aliphatic rings. The summed E-state index contributed by atoms with van der Waals surface area (Å²) in [5.74, 6) is 1.17. The number of hydrogen-bond donors (Lipinski definition) is 1. The molecule has 1 saturated heterocycles. The molecule has 0 radical (unpaired) electrons. The smallest absolute Gasteiger partial charge is 0.230 e. The zero-order valence-electron chi connectivity index (χ0n) is 12.5. The van der Waals surface area contributed by atoms with E-state index in [-0.39, 0.29) is 23.1 Å². The van der Waals surface area contributed by atoms with Crippen molar-refractivity contribution in [2.24, 2.45) is 23.2 Å². The van der Waals surface area contributed by atoms with E-state index < -0.39 is 0 Å². The second-order valence-electron chi connectivity index (χ2n) is 7.00. The van der Waals surface area contributed by atoms with Gasteiger partial charge in [-0.15, -0.1) is 0 Å². The molecule has 3 nitrogen and oxygen atoms in total. The lowest BCUT2D eigenvalue weighted by molar-refractivity contribution is -0.147. The third-order valence-corrected chi connectivity index (χ3v) is 5.10. The first-order valence-corrected chi connectivity index (χ1v) is 7.80. The zero-order valence-corrected chi connectivity index (χ0v) is 12.5. The lowest BCUT2D eigenvalue weighted by Crippen LogP contribution is -2.54. The first kappa shape index (κ1) is 14.5. The van der Waals surface area contributed by atoms with Crippen molar-refractivity contribution >= 4 is 11.8 Å². The van der Waals surface area contributed by atoms with E-state index in [2.05, 4.69) is 26.1 Å². The van der Waals surface area contributed by atoms with Crippen molar-refractivity contribution in [1.82, 2.24) is 5.32 Å². The van der Waals surface area contributed by atoms with Crippen LogP contribution in [0.2, 0.25) is 0 Å². The molecule has 3 unspecified atom stereocenters. The van der Waals surface area contributed by atoms with Crippen LogP contribution in [-0.2, 0) is 9.59 Å². The molecule has 1 spiro atoms. The van der Waals surface area contributed by atoms with E-state index in [1.807, 2.05) is 0 Å². The summed E-state index contributed by atoms with van der Waals surface area (Å²) in [5, 5.41) is 2.56. The van der Waals surface area contributed by atoms with Gasteiger partial charge in [0, 0.05) is 12.3 Å². The quantitative estimate of drug-likeness (QED) is 0.796. The summed E-state index contributed by atoms with van der Waals surface area (Å²) in [7, 11) is 0. The van der Waals surface area contributed by atoms with E-state index in [0.29, 0.717) is 18.3 Å². The number of nitrogens with one attached hydrogen (secondary N) is 1. The van der Waals surface area contributed by atoms with Crippen molar-refractivity contribution in [2.45, 2.75) is 65.7 Å². The molecule has 2 amide bonds. The molecule has 1 heterocycles. The molecule has 1 aliphatic carbocycles. The minimum atomic E-state index is -0.0539. The summed E-state index contributed by atoms with van der Waals surface area (Å²) in [6.07, 6.45) is 7.21. The van der Waals surface area contributed by atoms with Gasteiger partial charge in [0.25, 0.3) is 0 Å². The molecule has 1 N–H and O–H groups in total. The summed E-state index contributed by atoms with van der Waals surface area (Å²) in [5.41, 5.74) is -0.0391. The van der Waals surface area contributed by atoms with Crippen molar-refractivity contribution in [3.63, 3.8) is 0 Å². The normalized spacial score (nSPS) is 35.8. The molecule has 108 valence electrons. The maximum Gasteiger partial charge on any atom is 0.230 e. The lowest BCUT2D eigenvalue weighted by atomic mass is 9.57. The van der Waals surface area contributed by atoms with Crippen LogP contribution in [0.15, 0.2) is 0 Å². The average Bonchev–Trinajstić information content (AvgIpc) is 2.34. The zero-order chi connectivity index (χ0) is 14.0. The Labute approximate surface area is 116 Å². The van der Waals surface area contributed by atoms with Crippen LogP contribution in [0.5, 0.6) is 0 Å². The van der Waals surface area contributed by atoms with E-state index >= 15 is 0 Å². The Kier molecular flexibility index (Phi) is 4.32. The highest BCUT2D eigenvalue weighted by Crippen LogP contribution is 2.51. The van der Waals surface area contributed by atoms with E-state index in [4.69, 9.17) is 0 Å². The molecular weight excluding hydrogens is 238 g/mol. The Balaban J connectivity index is 2.25. The first-order chi connectivity index (χ1) is 8.97. The predicted molar refractivity (Wildman–Crippen MR) is 75.4 cm³/mol. The molecule has 0 bridgehead atoms. The van der Waals surface area contributed by atoms with Crippen molar-refractivity contribution in [1.29, 1.82) is 0 Å². The standard InChI is InChI=1S/C16H27NO2/c1-4-12-6-5-7-16(9-12)10-14(18)17-15(19)13(16)8-11(2)3/h11-13H,4-10H2,1-3H3,(H,17,18,19). The lowest BCUT2D eigenvalue weighted by Gasteiger charge is -2.48. The van der Waals surface area contributed by atoms with Gasteiger partial charge in [-0.2, -0.15) is 0 Å². The van der Waals surface area contributed by atoms with Gasteiger partial charge in [-0.3, -0.25) is 14.9 Å². The summed E-state index contributed by atoms with van der Waals surface area (Å²) in [4.78, 5) is 24.1. The van der Waals surface area contributed by atoms with Gasteiger partial charge >= 0.3 is 0 Å². The second kappa shape index (κ2) is 5.64. The number of imide groups is 1. The third-order valence-electron chi connectivity index (χ3n) is 5.10. The SMILES string of the molecule is CCC1CCCC2(CC(=O)NC(=O)C2CC(C)C)C1. The molecule has 0 aromatic rings.